The number of amides is 5. The Hall–Kier alpha value is -5.25. The molecule has 7 rings (SSSR count). The van der Waals surface area contributed by atoms with Crippen LogP contribution >= 0.6 is 22.9 Å². The molecule has 2 atom stereocenters. The van der Waals surface area contributed by atoms with Crippen LogP contribution in [0.1, 0.15) is 92.1 Å². The lowest BCUT2D eigenvalue weighted by Gasteiger charge is -2.27. The molecule has 14 nitrogen and oxygen atoms in total. The highest BCUT2D eigenvalue weighted by molar-refractivity contribution is 7.15. The Kier molecular flexibility index (Phi) is 10.7. The van der Waals surface area contributed by atoms with Gasteiger partial charge in [0.2, 0.25) is 17.7 Å². The Labute approximate surface area is 319 Å². The summed E-state index contributed by atoms with van der Waals surface area (Å²) in [5.74, 6) is -0.916. The normalized spacial score (nSPS) is 17.8. The quantitative estimate of drug-likeness (QED) is 0.146. The van der Waals surface area contributed by atoms with Crippen LogP contribution in [0.2, 0.25) is 5.02 Å². The molecule has 0 spiro atoms. The van der Waals surface area contributed by atoms with E-state index in [9.17, 15) is 24.0 Å². The number of benzene rings is 2. The fraction of sp³-hybridized carbons (Fsp3) is 0.368. The SMILES string of the molecule is Cc1sc2c(c1C)C(c1ccc(Cl)cc1)=N[C@@H](CC(=O)NCCCCOCCOc1cccc3c1C(=O)N(C1CCC(=O)NC1=O)C3=O)c1nnc(C)n1-2. The summed E-state index contributed by atoms with van der Waals surface area (Å²) in [6.45, 7) is 7.30. The molecular formula is C38H38ClN7O7S. The summed E-state index contributed by atoms with van der Waals surface area (Å²) in [6, 6.07) is 10.7. The minimum absolute atomic E-state index is 0.0416. The number of nitrogens with one attached hydrogen (secondary N) is 2. The molecule has 0 radical (unpaired) electrons. The summed E-state index contributed by atoms with van der Waals surface area (Å²) in [7, 11) is 0. The van der Waals surface area contributed by atoms with Crippen LogP contribution in [0, 0.1) is 20.8 Å². The van der Waals surface area contributed by atoms with Gasteiger partial charge in [0.05, 0.1) is 29.9 Å². The van der Waals surface area contributed by atoms with E-state index in [1.807, 2.05) is 35.8 Å². The predicted octanol–water partition coefficient (Wildman–Crippen LogP) is 4.58. The summed E-state index contributed by atoms with van der Waals surface area (Å²) < 4.78 is 13.6. The number of aliphatic imine (C=N–C) groups is 1. The number of aryl methyl sites for hydroxylation is 2. The van der Waals surface area contributed by atoms with Gasteiger partial charge in [0.1, 0.15) is 35.3 Å². The summed E-state index contributed by atoms with van der Waals surface area (Å²) in [5.41, 5.74) is 4.06. The molecule has 5 heterocycles. The zero-order valence-corrected chi connectivity index (χ0v) is 31.5. The molecule has 0 aliphatic carbocycles. The van der Waals surface area contributed by atoms with Crippen molar-refractivity contribution in [2.45, 2.75) is 65.0 Å². The molecule has 4 aromatic rings. The molecule has 2 aromatic carbocycles. The van der Waals surface area contributed by atoms with Crippen LogP contribution in [-0.2, 0) is 19.1 Å². The number of unbranched alkanes of at least 4 members (excludes halogenated alkanes) is 1. The third-order valence-electron chi connectivity index (χ3n) is 9.69. The highest BCUT2D eigenvalue weighted by Gasteiger charge is 2.46. The maximum Gasteiger partial charge on any atom is 0.266 e. The average molecular weight is 772 g/mol. The second-order valence-corrected chi connectivity index (χ2v) is 14.9. The van der Waals surface area contributed by atoms with Crippen LogP contribution in [0.4, 0.5) is 0 Å². The fourth-order valence-corrected chi connectivity index (χ4v) is 8.19. The molecule has 3 aliphatic rings. The zero-order valence-electron chi connectivity index (χ0n) is 29.9. The Bertz CT molecular complexity index is 2200. The van der Waals surface area contributed by atoms with Gasteiger partial charge in [-0.1, -0.05) is 29.8 Å². The van der Waals surface area contributed by atoms with Crippen molar-refractivity contribution in [2.75, 3.05) is 26.4 Å². The number of fused-ring (bicyclic) bond motifs is 4. The number of aromatic nitrogens is 3. The Morgan fingerprint density at radius 3 is 2.56 bits per heavy atom. The van der Waals surface area contributed by atoms with Gasteiger partial charge >= 0.3 is 0 Å². The first kappa shape index (κ1) is 37.1. The van der Waals surface area contributed by atoms with Crippen LogP contribution in [0.25, 0.3) is 5.00 Å². The lowest BCUT2D eigenvalue weighted by atomic mass is 9.99. The number of carbonyl (C=O) groups is 5. The molecule has 0 saturated carbocycles. The Balaban J connectivity index is 0.889. The van der Waals surface area contributed by atoms with E-state index in [1.54, 1.807) is 23.5 Å². The predicted molar refractivity (Wildman–Crippen MR) is 200 cm³/mol. The van der Waals surface area contributed by atoms with E-state index in [2.05, 4.69) is 34.7 Å². The molecule has 1 unspecified atom stereocenters. The second kappa shape index (κ2) is 15.6. The highest BCUT2D eigenvalue weighted by atomic mass is 35.5. The van der Waals surface area contributed by atoms with Crippen molar-refractivity contribution in [3.63, 3.8) is 0 Å². The van der Waals surface area contributed by atoms with Gasteiger partial charge in [-0.25, -0.2) is 0 Å². The van der Waals surface area contributed by atoms with Crippen LogP contribution in [-0.4, -0.2) is 87.3 Å². The lowest BCUT2D eigenvalue weighted by molar-refractivity contribution is -0.136. The van der Waals surface area contributed by atoms with Crippen LogP contribution in [0.15, 0.2) is 47.5 Å². The number of thiophene rings is 1. The lowest BCUT2D eigenvalue weighted by Crippen LogP contribution is -2.54. The van der Waals surface area contributed by atoms with Gasteiger partial charge in [-0.2, -0.15) is 0 Å². The summed E-state index contributed by atoms with van der Waals surface area (Å²) in [5, 5.41) is 15.6. The van der Waals surface area contributed by atoms with Crippen LogP contribution in [0.3, 0.4) is 0 Å². The van der Waals surface area contributed by atoms with E-state index >= 15 is 0 Å². The standard InChI is InChI=1S/C38H38ClN7O7S/c1-20-21(2)54-38-31(20)33(23-9-11-24(39)12-10-23)41-26(34-44-43-22(3)45(34)38)19-30(48)40-15-4-5-16-52-17-18-53-28-8-6-7-25-32(28)37(51)46(36(25)50)27-13-14-29(47)42-35(27)49/h6-12,26-27H,4-5,13-19H2,1-3H3,(H,40,48)(H,42,47,49)/t26-,27?/m0/s1. The minimum Gasteiger partial charge on any atom is -0.490 e. The van der Waals surface area contributed by atoms with Gasteiger partial charge in [0.25, 0.3) is 11.8 Å². The molecule has 280 valence electrons. The highest BCUT2D eigenvalue weighted by Crippen LogP contribution is 2.40. The van der Waals surface area contributed by atoms with Crippen LogP contribution in [0.5, 0.6) is 5.75 Å². The first-order chi connectivity index (χ1) is 26.0. The van der Waals surface area contributed by atoms with Gasteiger partial charge in [0, 0.05) is 40.6 Å². The first-order valence-electron chi connectivity index (χ1n) is 17.7. The minimum atomic E-state index is -1.05. The Morgan fingerprint density at radius 1 is 0.981 bits per heavy atom. The molecule has 1 saturated heterocycles. The van der Waals surface area contributed by atoms with Crippen molar-refractivity contribution in [3.8, 4) is 10.8 Å². The van der Waals surface area contributed by atoms with E-state index < -0.39 is 35.7 Å². The van der Waals surface area contributed by atoms with Gasteiger partial charge < -0.3 is 14.8 Å². The molecule has 16 heteroatoms. The molecule has 54 heavy (non-hydrogen) atoms. The fourth-order valence-electron chi connectivity index (χ4n) is 6.85. The van der Waals surface area contributed by atoms with Crippen molar-refractivity contribution in [3.05, 3.63) is 91.8 Å². The third-order valence-corrected chi connectivity index (χ3v) is 11.1. The monoisotopic (exact) mass is 771 g/mol. The number of imide groups is 2. The third kappa shape index (κ3) is 7.18. The Morgan fingerprint density at radius 2 is 1.78 bits per heavy atom. The number of ether oxygens (including phenoxy) is 2. The molecule has 1 fully saturated rings. The maximum atomic E-state index is 13.3. The molecule has 0 bridgehead atoms. The summed E-state index contributed by atoms with van der Waals surface area (Å²) >= 11 is 7.87. The first-order valence-corrected chi connectivity index (χ1v) is 18.9. The summed E-state index contributed by atoms with van der Waals surface area (Å²) in [4.78, 5) is 70.7. The van der Waals surface area contributed by atoms with Gasteiger partial charge in [-0.05, 0) is 69.9 Å². The number of rotatable bonds is 13. The van der Waals surface area contributed by atoms with E-state index in [4.69, 9.17) is 26.1 Å². The maximum absolute atomic E-state index is 13.3. The number of hydrogen-bond acceptors (Lipinski definition) is 11. The van der Waals surface area contributed by atoms with Crippen molar-refractivity contribution >= 4 is 58.2 Å². The topological polar surface area (TPSA) is 174 Å². The van der Waals surface area contributed by atoms with E-state index in [0.717, 1.165) is 38.1 Å². The van der Waals surface area contributed by atoms with E-state index in [0.29, 0.717) is 36.8 Å². The average Bonchev–Trinajstić information content (AvgIpc) is 3.72. The molecule has 2 aromatic heterocycles. The van der Waals surface area contributed by atoms with Gasteiger partial charge in [-0.15, -0.1) is 21.5 Å². The van der Waals surface area contributed by atoms with Crippen LogP contribution < -0.4 is 15.4 Å². The molecular weight excluding hydrogens is 734 g/mol. The van der Waals surface area contributed by atoms with E-state index in [1.165, 1.54) is 10.9 Å². The van der Waals surface area contributed by atoms with Gasteiger partial charge in [0.15, 0.2) is 5.82 Å². The van der Waals surface area contributed by atoms with Crippen molar-refractivity contribution in [2.24, 2.45) is 4.99 Å². The van der Waals surface area contributed by atoms with E-state index in [-0.39, 0.29) is 55.3 Å². The number of nitrogens with zero attached hydrogens (tertiary/aromatic N) is 5. The summed E-state index contributed by atoms with van der Waals surface area (Å²) in [6.07, 6.45) is 1.58. The second-order valence-electron chi connectivity index (χ2n) is 13.3. The molecule has 3 aliphatic heterocycles. The zero-order chi connectivity index (χ0) is 38.1. The largest absolute Gasteiger partial charge is 0.490 e. The van der Waals surface area contributed by atoms with Gasteiger partial charge in [-0.3, -0.25) is 43.7 Å². The number of halogens is 1. The number of carbonyl (C=O) groups excluding carboxylic acids is 5. The number of hydrogen-bond donors (Lipinski definition) is 2. The van der Waals surface area contributed by atoms with Crippen molar-refractivity contribution in [1.82, 2.24) is 30.3 Å². The number of piperidine rings is 1. The van der Waals surface area contributed by atoms with Crippen molar-refractivity contribution < 1.29 is 33.4 Å². The molecule has 5 amide bonds. The van der Waals surface area contributed by atoms with Crippen molar-refractivity contribution in [1.29, 1.82) is 0 Å². The molecule has 2 N–H and O–H groups in total. The smallest absolute Gasteiger partial charge is 0.266 e.